The van der Waals surface area contributed by atoms with Crippen LogP contribution >= 0.6 is 0 Å². The maximum absolute atomic E-state index is 5.70. The lowest BCUT2D eigenvalue weighted by Gasteiger charge is -2.17. The van der Waals surface area contributed by atoms with E-state index in [-0.39, 0.29) is 5.41 Å². The summed E-state index contributed by atoms with van der Waals surface area (Å²) in [5.74, 6) is 1.35. The molecule has 0 radical (unpaired) electrons. The fourth-order valence-corrected chi connectivity index (χ4v) is 2.25. The normalized spacial score (nSPS) is 25.7. The maximum Gasteiger partial charge on any atom is 0.0712 e. The van der Waals surface area contributed by atoms with Gasteiger partial charge in [0.2, 0.25) is 0 Å². The summed E-state index contributed by atoms with van der Waals surface area (Å²) in [6.45, 7) is 7.47. The average molecular weight is 207 g/mol. The van der Waals surface area contributed by atoms with Crippen LogP contribution in [0.2, 0.25) is 0 Å². The smallest absolute Gasteiger partial charge is 0.0712 e. The number of rotatable bonds is 2. The van der Waals surface area contributed by atoms with Gasteiger partial charge in [0.15, 0.2) is 0 Å². The Morgan fingerprint density at radius 3 is 2.67 bits per heavy atom. The zero-order valence-corrected chi connectivity index (χ0v) is 10.1. The highest BCUT2D eigenvalue weighted by molar-refractivity contribution is 5.32. The van der Waals surface area contributed by atoms with Crippen LogP contribution in [-0.4, -0.2) is 16.3 Å². The van der Waals surface area contributed by atoms with E-state index < -0.39 is 0 Å². The molecule has 1 aromatic heterocycles. The van der Waals surface area contributed by atoms with Gasteiger partial charge in [-0.25, -0.2) is 0 Å². The van der Waals surface area contributed by atoms with E-state index in [1.807, 2.05) is 11.7 Å². The van der Waals surface area contributed by atoms with E-state index in [2.05, 4.69) is 32.1 Å². The Bertz CT molecular complexity index is 359. The van der Waals surface area contributed by atoms with Crippen molar-refractivity contribution in [2.24, 2.45) is 18.7 Å². The van der Waals surface area contributed by atoms with Gasteiger partial charge in [0.25, 0.3) is 0 Å². The van der Waals surface area contributed by atoms with E-state index in [1.165, 1.54) is 17.7 Å². The van der Waals surface area contributed by atoms with E-state index >= 15 is 0 Å². The van der Waals surface area contributed by atoms with Crippen molar-refractivity contribution in [3.8, 4) is 0 Å². The Hall–Kier alpha value is -0.830. The van der Waals surface area contributed by atoms with Gasteiger partial charge in [-0.3, -0.25) is 4.68 Å². The van der Waals surface area contributed by atoms with Gasteiger partial charge in [-0.2, -0.15) is 5.10 Å². The average Bonchev–Trinajstić information content (AvgIpc) is 2.80. The molecule has 3 heteroatoms. The van der Waals surface area contributed by atoms with E-state index in [9.17, 15) is 0 Å². The Labute approximate surface area is 91.7 Å². The molecular weight excluding hydrogens is 186 g/mol. The molecule has 0 bridgehead atoms. The number of aryl methyl sites for hydroxylation is 1. The predicted molar refractivity (Wildman–Crippen MR) is 61.8 cm³/mol. The molecular formula is C12H21N3. The number of nitrogens with two attached hydrogens (primary N) is 1. The van der Waals surface area contributed by atoms with Crippen molar-refractivity contribution >= 4 is 0 Å². The van der Waals surface area contributed by atoms with Crippen molar-refractivity contribution in [1.29, 1.82) is 0 Å². The van der Waals surface area contributed by atoms with Gasteiger partial charge < -0.3 is 5.73 Å². The molecule has 0 saturated heterocycles. The lowest BCUT2D eigenvalue weighted by molar-refractivity contribution is 0.547. The first-order valence-corrected chi connectivity index (χ1v) is 5.67. The van der Waals surface area contributed by atoms with Crippen molar-refractivity contribution in [1.82, 2.24) is 9.78 Å². The second kappa shape index (κ2) is 3.34. The highest BCUT2D eigenvalue weighted by Gasteiger charge is 2.41. The molecule has 0 aliphatic heterocycles. The molecule has 84 valence electrons. The van der Waals surface area contributed by atoms with E-state index in [0.717, 1.165) is 6.54 Å². The van der Waals surface area contributed by atoms with Crippen LogP contribution < -0.4 is 5.73 Å². The van der Waals surface area contributed by atoms with Crippen LogP contribution in [0.4, 0.5) is 0 Å². The van der Waals surface area contributed by atoms with Gasteiger partial charge in [0.05, 0.1) is 5.69 Å². The summed E-state index contributed by atoms with van der Waals surface area (Å²) >= 11 is 0. The second-order valence-electron chi connectivity index (χ2n) is 5.69. The highest BCUT2D eigenvalue weighted by atomic mass is 15.3. The Morgan fingerprint density at radius 2 is 2.20 bits per heavy atom. The molecule has 2 atom stereocenters. The molecule has 1 saturated carbocycles. The minimum Gasteiger partial charge on any atom is -0.330 e. The second-order valence-corrected chi connectivity index (χ2v) is 5.69. The Kier molecular flexibility index (Phi) is 2.38. The molecule has 0 aromatic carbocycles. The number of hydrogen-bond donors (Lipinski definition) is 1. The maximum atomic E-state index is 5.70. The third kappa shape index (κ3) is 1.93. The number of hydrogen-bond acceptors (Lipinski definition) is 2. The van der Waals surface area contributed by atoms with Crippen molar-refractivity contribution in [2.75, 3.05) is 6.54 Å². The van der Waals surface area contributed by atoms with E-state index in [1.54, 1.807) is 0 Å². The summed E-state index contributed by atoms with van der Waals surface area (Å²) in [4.78, 5) is 0. The molecule has 1 aliphatic rings. The fraction of sp³-hybridized carbons (Fsp3) is 0.750. The van der Waals surface area contributed by atoms with Crippen LogP contribution in [0.15, 0.2) is 6.20 Å². The van der Waals surface area contributed by atoms with Crippen LogP contribution in [0.5, 0.6) is 0 Å². The van der Waals surface area contributed by atoms with Crippen molar-refractivity contribution < 1.29 is 0 Å². The van der Waals surface area contributed by atoms with E-state index in [4.69, 9.17) is 5.73 Å². The van der Waals surface area contributed by atoms with Crippen molar-refractivity contribution in [3.63, 3.8) is 0 Å². The molecule has 1 fully saturated rings. The predicted octanol–water partition coefficient (Wildman–Crippen LogP) is 1.78. The molecule has 1 aromatic rings. The lowest BCUT2D eigenvalue weighted by atomic mass is 9.88. The molecule has 3 nitrogen and oxygen atoms in total. The topological polar surface area (TPSA) is 43.8 Å². The van der Waals surface area contributed by atoms with Gasteiger partial charge in [0.1, 0.15) is 0 Å². The summed E-state index contributed by atoms with van der Waals surface area (Å²) in [6.07, 6.45) is 3.41. The first kappa shape index (κ1) is 10.7. The molecule has 15 heavy (non-hydrogen) atoms. The van der Waals surface area contributed by atoms with Gasteiger partial charge in [0, 0.05) is 18.7 Å². The van der Waals surface area contributed by atoms with Gasteiger partial charge >= 0.3 is 0 Å². The summed E-state index contributed by atoms with van der Waals surface area (Å²) in [5.41, 5.74) is 8.50. The molecule has 2 rings (SSSR count). The first-order valence-electron chi connectivity index (χ1n) is 5.67. The van der Waals surface area contributed by atoms with Crippen LogP contribution in [0.3, 0.4) is 0 Å². The molecule has 0 unspecified atom stereocenters. The number of nitrogens with zero attached hydrogens (tertiary/aromatic N) is 2. The van der Waals surface area contributed by atoms with Crippen LogP contribution in [-0.2, 0) is 12.5 Å². The minimum atomic E-state index is 0.137. The zero-order valence-electron chi connectivity index (χ0n) is 10.1. The Morgan fingerprint density at radius 1 is 1.53 bits per heavy atom. The monoisotopic (exact) mass is 207 g/mol. The Balaban J connectivity index is 2.31. The third-order valence-corrected chi connectivity index (χ3v) is 3.19. The van der Waals surface area contributed by atoms with E-state index in [0.29, 0.717) is 11.8 Å². The van der Waals surface area contributed by atoms with Crippen LogP contribution in [0.1, 0.15) is 44.4 Å². The zero-order chi connectivity index (χ0) is 11.2. The molecule has 0 spiro atoms. The fourth-order valence-electron chi connectivity index (χ4n) is 2.25. The van der Waals surface area contributed by atoms with Gasteiger partial charge in [-0.05, 0) is 30.4 Å². The highest BCUT2D eigenvalue weighted by Crippen LogP contribution is 2.49. The summed E-state index contributed by atoms with van der Waals surface area (Å²) in [7, 11) is 2.00. The molecule has 0 amide bonds. The standard InChI is InChI=1S/C12H21N3/c1-12(2,3)11-10(7-15(4)14-11)9-5-8(9)6-13/h7-9H,5-6,13H2,1-4H3/t8-,9+/m0/s1. The SMILES string of the molecule is Cn1cc([C@@H]2C[C@H]2CN)c(C(C)(C)C)n1. The van der Waals surface area contributed by atoms with Crippen molar-refractivity contribution in [3.05, 3.63) is 17.5 Å². The molecule has 1 aliphatic carbocycles. The lowest BCUT2D eigenvalue weighted by Crippen LogP contribution is -2.15. The quantitative estimate of drug-likeness (QED) is 0.803. The van der Waals surface area contributed by atoms with Gasteiger partial charge in [-0.15, -0.1) is 0 Å². The minimum absolute atomic E-state index is 0.137. The van der Waals surface area contributed by atoms with Crippen molar-refractivity contribution in [2.45, 2.75) is 38.5 Å². The largest absolute Gasteiger partial charge is 0.330 e. The van der Waals surface area contributed by atoms with Crippen LogP contribution in [0.25, 0.3) is 0 Å². The number of aromatic nitrogens is 2. The molecule has 2 N–H and O–H groups in total. The first-order chi connectivity index (χ1) is 6.93. The molecule has 1 heterocycles. The van der Waals surface area contributed by atoms with Gasteiger partial charge in [-0.1, -0.05) is 20.8 Å². The summed E-state index contributed by atoms with van der Waals surface area (Å²) in [5, 5.41) is 4.59. The summed E-state index contributed by atoms with van der Waals surface area (Å²) in [6, 6.07) is 0. The third-order valence-electron chi connectivity index (χ3n) is 3.19. The van der Waals surface area contributed by atoms with Crippen LogP contribution in [0, 0.1) is 5.92 Å². The summed E-state index contributed by atoms with van der Waals surface area (Å²) < 4.78 is 1.93.